The molecule has 1 unspecified atom stereocenters. The number of nitrogens with zero attached hydrogens (tertiary/aromatic N) is 3. The molecule has 2 aromatic heterocycles. The van der Waals surface area contributed by atoms with Gasteiger partial charge in [-0.25, -0.2) is 14.3 Å². The zero-order valence-electron chi connectivity index (χ0n) is 14.7. The zero-order chi connectivity index (χ0) is 17.4. The van der Waals surface area contributed by atoms with E-state index in [0.29, 0.717) is 11.2 Å². The molecule has 0 amide bonds. The van der Waals surface area contributed by atoms with Gasteiger partial charge in [0.05, 0.1) is 18.0 Å². The van der Waals surface area contributed by atoms with Crippen LogP contribution in [0, 0.1) is 6.92 Å². The predicted octanol–water partition coefficient (Wildman–Crippen LogP) is 2.50. The fourth-order valence-electron chi connectivity index (χ4n) is 3.25. The van der Waals surface area contributed by atoms with Gasteiger partial charge in [0.2, 0.25) is 0 Å². The van der Waals surface area contributed by atoms with Crippen molar-refractivity contribution in [1.29, 1.82) is 0 Å². The highest BCUT2D eigenvalue weighted by Crippen LogP contribution is 2.48. The Morgan fingerprint density at radius 3 is 2.70 bits per heavy atom. The number of esters is 1. The summed E-state index contributed by atoms with van der Waals surface area (Å²) in [5, 5.41) is 15.3. The van der Waals surface area contributed by atoms with Crippen molar-refractivity contribution < 1.29 is 14.6 Å². The van der Waals surface area contributed by atoms with Gasteiger partial charge in [-0.1, -0.05) is 27.7 Å². The minimum atomic E-state index is -1.66. The fourth-order valence-corrected chi connectivity index (χ4v) is 3.25. The second-order valence-corrected chi connectivity index (χ2v) is 6.22. The zero-order valence-corrected chi connectivity index (χ0v) is 14.7. The molecular formula is C17H25N3O3. The summed E-state index contributed by atoms with van der Waals surface area (Å²) in [6.07, 6.45) is 1.82. The molecule has 1 aliphatic rings. The molecule has 0 spiro atoms. The Hall–Kier alpha value is -1.95. The molecule has 0 fully saturated rings. The summed E-state index contributed by atoms with van der Waals surface area (Å²) in [7, 11) is 0. The molecule has 126 valence electrons. The first-order chi connectivity index (χ1) is 10.8. The lowest BCUT2D eigenvalue weighted by molar-refractivity contribution is -0.167. The maximum atomic E-state index is 12.2. The predicted molar refractivity (Wildman–Crippen MR) is 87.2 cm³/mol. The van der Waals surface area contributed by atoms with Gasteiger partial charge in [-0.15, -0.1) is 0 Å². The maximum absolute atomic E-state index is 12.2. The quantitative estimate of drug-likeness (QED) is 0.861. The number of hydrogen-bond donors (Lipinski definition) is 1. The SMILES string of the molecule is CC.CCOC(=O)C1(O)CC(C)(C)c2c1cnc1cc(C)nn21. The average molecular weight is 319 g/mol. The molecule has 23 heavy (non-hydrogen) atoms. The minimum absolute atomic E-state index is 0.230. The summed E-state index contributed by atoms with van der Waals surface area (Å²) >= 11 is 0. The molecule has 0 bridgehead atoms. The summed E-state index contributed by atoms with van der Waals surface area (Å²) in [5.41, 5.74) is 0.801. The number of ether oxygens (including phenoxy) is 1. The van der Waals surface area contributed by atoms with E-state index >= 15 is 0 Å². The molecule has 1 N–H and O–H groups in total. The van der Waals surface area contributed by atoms with Crippen molar-refractivity contribution >= 4 is 11.6 Å². The van der Waals surface area contributed by atoms with E-state index in [0.717, 1.165) is 11.4 Å². The molecule has 0 saturated carbocycles. The lowest BCUT2D eigenvalue weighted by Gasteiger charge is -2.23. The van der Waals surface area contributed by atoms with Crippen LogP contribution in [0.5, 0.6) is 0 Å². The number of rotatable bonds is 2. The number of aliphatic hydroxyl groups is 1. The van der Waals surface area contributed by atoms with Crippen LogP contribution in [0.3, 0.4) is 0 Å². The third kappa shape index (κ3) is 2.61. The van der Waals surface area contributed by atoms with E-state index in [9.17, 15) is 9.90 Å². The molecule has 0 aromatic carbocycles. The highest BCUT2D eigenvalue weighted by molar-refractivity contribution is 5.83. The van der Waals surface area contributed by atoms with E-state index in [4.69, 9.17) is 4.74 Å². The fraction of sp³-hybridized carbons (Fsp3) is 0.588. The van der Waals surface area contributed by atoms with Crippen molar-refractivity contribution in [3.05, 3.63) is 29.2 Å². The molecule has 6 nitrogen and oxygen atoms in total. The summed E-state index contributed by atoms with van der Waals surface area (Å²) < 4.78 is 6.77. The summed E-state index contributed by atoms with van der Waals surface area (Å²) in [6, 6.07) is 1.87. The highest BCUT2D eigenvalue weighted by Gasteiger charge is 2.54. The summed E-state index contributed by atoms with van der Waals surface area (Å²) in [5.74, 6) is -0.623. The van der Waals surface area contributed by atoms with Crippen molar-refractivity contribution in [2.45, 2.75) is 59.0 Å². The number of hydrogen-bond acceptors (Lipinski definition) is 5. The first-order valence-corrected chi connectivity index (χ1v) is 8.05. The number of carbonyl (C=O) groups is 1. The van der Waals surface area contributed by atoms with E-state index in [2.05, 4.69) is 10.1 Å². The molecule has 0 aliphatic heterocycles. The molecule has 2 aromatic rings. The van der Waals surface area contributed by atoms with Crippen LogP contribution in [-0.4, -0.2) is 32.3 Å². The second kappa shape index (κ2) is 5.92. The third-order valence-electron chi connectivity index (χ3n) is 4.00. The van der Waals surface area contributed by atoms with Gasteiger partial charge in [-0.2, -0.15) is 5.10 Å². The van der Waals surface area contributed by atoms with Crippen molar-refractivity contribution in [2.75, 3.05) is 6.61 Å². The lowest BCUT2D eigenvalue weighted by Crippen LogP contribution is -2.36. The highest BCUT2D eigenvalue weighted by atomic mass is 16.5. The van der Waals surface area contributed by atoms with E-state index < -0.39 is 17.0 Å². The Morgan fingerprint density at radius 1 is 1.43 bits per heavy atom. The largest absolute Gasteiger partial charge is 0.464 e. The van der Waals surface area contributed by atoms with Crippen LogP contribution in [0.2, 0.25) is 0 Å². The summed E-state index contributed by atoms with van der Waals surface area (Å²) in [6.45, 7) is 11.8. The topological polar surface area (TPSA) is 76.7 Å². The van der Waals surface area contributed by atoms with Gasteiger partial charge in [0.1, 0.15) is 0 Å². The molecule has 1 atom stereocenters. The number of fused-ring (bicyclic) bond motifs is 3. The van der Waals surface area contributed by atoms with Crippen molar-refractivity contribution in [1.82, 2.24) is 14.6 Å². The molecule has 0 saturated heterocycles. The van der Waals surface area contributed by atoms with Crippen LogP contribution in [0.4, 0.5) is 0 Å². The van der Waals surface area contributed by atoms with Crippen molar-refractivity contribution in [3.63, 3.8) is 0 Å². The van der Waals surface area contributed by atoms with Gasteiger partial charge < -0.3 is 9.84 Å². The van der Waals surface area contributed by atoms with Crippen LogP contribution in [0.25, 0.3) is 5.65 Å². The molecule has 6 heteroatoms. The maximum Gasteiger partial charge on any atom is 0.342 e. The van der Waals surface area contributed by atoms with Gasteiger partial charge in [0.25, 0.3) is 0 Å². The Morgan fingerprint density at radius 2 is 2.09 bits per heavy atom. The number of aryl methyl sites for hydroxylation is 1. The normalized spacial score (nSPS) is 21.5. The first kappa shape index (κ1) is 17.4. The van der Waals surface area contributed by atoms with Crippen LogP contribution >= 0.6 is 0 Å². The van der Waals surface area contributed by atoms with Gasteiger partial charge in [-0.05, 0) is 13.8 Å². The van der Waals surface area contributed by atoms with Gasteiger partial charge in [-0.3, -0.25) is 0 Å². The van der Waals surface area contributed by atoms with Crippen molar-refractivity contribution in [2.24, 2.45) is 0 Å². The van der Waals surface area contributed by atoms with E-state index in [-0.39, 0.29) is 13.0 Å². The molecule has 2 heterocycles. The van der Waals surface area contributed by atoms with E-state index in [1.165, 1.54) is 0 Å². The van der Waals surface area contributed by atoms with Crippen molar-refractivity contribution in [3.8, 4) is 0 Å². The Bertz CT molecular complexity index is 736. The van der Waals surface area contributed by atoms with Crippen LogP contribution in [0.15, 0.2) is 12.3 Å². The minimum Gasteiger partial charge on any atom is -0.464 e. The summed E-state index contributed by atoms with van der Waals surface area (Å²) in [4.78, 5) is 16.5. The lowest BCUT2D eigenvalue weighted by atomic mass is 9.87. The van der Waals surface area contributed by atoms with E-state index in [1.54, 1.807) is 17.6 Å². The van der Waals surface area contributed by atoms with E-state index in [1.807, 2.05) is 40.7 Å². The molecule has 1 aliphatic carbocycles. The smallest absolute Gasteiger partial charge is 0.342 e. The van der Waals surface area contributed by atoms with Crippen LogP contribution in [0.1, 0.15) is 58.0 Å². The molecule has 0 radical (unpaired) electrons. The van der Waals surface area contributed by atoms with Gasteiger partial charge in [0.15, 0.2) is 11.2 Å². The first-order valence-electron chi connectivity index (χ1n) is 8.05. The standard InChI is InChI=1S/C15H19N3O3.C2H6/c1-5-21-13(19)15(20)8-14(3,4)12-10(15)7-16-11-6-9(2)17-18(11)12;1-2/h6-7,20H,5,8H2,1-4H3;1-2H3. The number of carbonyl (C=O) groups excluding carboxylic acids is 1. The van der Waals surface area contributed by atoms with Crippen LogP contribution < -0.4 is 0 Å². The average Bonchev–Trinajstić information content (AvgIpc) is 2.96. The molecule has 3 rings (SSSR count). The third-order valence-corrected chi connectivity index (χ3v) is 4.00. The number of aromatic nitrogens is 3. The Balaban J connectivity index is 0.000000924. The Kier molecular flexibility index (Phi) is 4.48. The van der Waals surface area contributed by atoms with Gasteiger partial charge in [0, 0.05) is 29.7 Å². The van der Waals surface area contributed by atoms with Crippen LogP contribution in [-0.2, 0) is 20.5 Å². The Labute approximate surface area is 136 Å². The van der Waals surface area contributed by atoms with Gasteiger partial charge >= 0.3 is 5.97 Å². The molecular weight excluding hydrogens is 294 g/mol. The monoisotopic (exact) mass is 319 g/mol. The second-order valence-electron chi connectivity index (χ2n) is 6.22.